The van der Waals surface area contributed by atoms with Crippen LogP contribution in [0.5, 0.6) is 0 Å². The highest BCUT2D eigenvalue weighted by Crippen LogP contribution is 2.17. The summed E-state index contributed by atoms with van der Waals surface area (Å²) in [6.07, 6.45) is 1.66. The van der Waals surface area contributed by atoms with Crippen LogP contribution in [0.3, 0.4) is 0 Å². The van der Waals surface area contributed by atoms with Crippen LogP contribution in [0.1, 0.15) is 12.5 Å². The quantitative estimate of drug-likeness (QED) is 0.874. The summed E-state index contributed by atoms with van der Waals surface area (Å²) in [5, 5.41) is 0.932. The Hall–Kier alpha value is -1.21. The van der Waals surface area contributed by atoms with Gasteiger partial charge in [-0.15, -0.1) is 12.4 Å². The van der Waals surface area contributed by atoms with Gasteiger partial charge in [-0.25, -0.2) is 13.1 Å². The minimum Gasteiger partial charge on any atom is -0.329 e. The third kappa shape index (κ3) is 4.14. The Morgan fingerprint density at radius 3 is 2.70 bits per heavy atom. The second kappa shape index (κ2) is 6.99. The van der Waals surface area contributed by atoms with Crippen LogP contribution in [0.4, 0.5) is 0 Å². The van der Waals surface area contributed by atoms with E-state index in [0.29, 0.717) is 5.56 Å². The fraction of sp³-hybridized carbons (Fsp3) is 0.308. The summed E-state index contributed by atoms with van der Waals surface area (Å²) in [5.41, 5.74) is 6.83. The SMILES string of the molecule is C[C@@H](CN)NS(=O)(=O)Cc1cccc2cccnc12.Cl. The number of pyridine rings is 1. The standard InChI is InChI=1S/C13H17N3O2S.ClH/c1-10(8-14)16-19(17,18)9-12-5-2-4-11-6-3-7-15-13(11)12;/h2-7,10,16H,8-9,14H2,1H3;1H/t10-;/m0./s1. The maximum atomic E-state index is 12.0. The molecule has 1 aromatic carbocycles. The number of nitrogens with one attached hydrogen (secondary N) is 1. The summed E-state index contributed by atoms with van der Waals surface area (Å²) in [7, 11) is -3.41. The molecule has 0 spiro atoms. The number of nitrogens with zero attached hydrogens (tertiary/aromatic N) is 1. The molecule has 0 saturated carbocycles. The van der Waals surface area contributed by atoms with E-state index in [1.807, 2.05) is 24.3 Å². The zero-order valence-corrected chi connectivity index (χ0v) is 12.7. The molecule has 0 saturated heterocycles. The van der Waals surface area contributed by atoms with Crippen molar-refractivity contribution in [3.05, 3.63) is 42.1 Å². The molecule has 1 aromatic heterocycles. The van der Waals surface area contributed by atoms with Crippen molar-refractivity contribution in [2.24, 2.45) is 5.73 Å². The highest BCUT2D eigenvalue weighted by molar-refractivity contribution is 7.88. The maximum absolute atomic E-state index is 12.0. The van der Waals surface area contributed by atoms with Gasteiger partial charge in [0, 0.05) is 24.2 Å². The first-order valence-electron chi connectivity index (χ1n) is 6.04. The molecule has 0 bridgehead atoms. The lowest BCUT2D eigenvalue weighted by molar-refractivity contribution is 0.562. The molecule has 5 nitrogen and oxygen atoms in total. The Morgan fingerprint density at radius 2 is 2.00 bits per heavy atom. The van der Waals surface area contributed by atoms with Crippen molar-refractivity contribution in [2.75, 3.05) is 6.54 Å². The van der Waals surface area contributed by atoms with Crippen molar-refractivity contribution in [1.29, 1.82) is 0 Å². The normalized spacial score (nSPS) is 12.9. The average molecular weight is 316 g/mol. The molecule has 2 aromatic rings. The van der Waals surface area contributed by atoms with Gasteiger partial charge in [0.1, 0.15) is 0 Å². The summed E-state index contributed by atoms with van der Waals surface area (Å²) in [5.74, 6) is -0.0916. The van der Waals surface area contributed by atoms with Crippen molar-refractivity contribution in [3.8, 4) is 0 Å². The van der Waals surface area contributed by atoms with Gasteiger partial charge in [0.25, 0.3) is 0 Å². The molecule has 2 rings (SSSR count). The van der Waals surface area contributed by atoms with Crippen LogP contribution < -0.4 is 10.5 Å². The zero-order chi connectivity index (χ0) is 13.9. The minimum atomic E-state index is -3.41. The number of hydrogen-bond donors (Lipinski definition) is 2. The van der Waals surface area contributed by atoms with E-state index in [0.717, 1.165) is 10.9 Å². The highest BCUT2D eigenvalue weighted by atomic mass is 35.5. The molecule has 0 fully saturated rings. The number of halogens is 1. The topological polar surface area (TPSA) is 85.1 Å². The van der Waals surface area contributed by atoms with Gasteiger partial charge >= 0.3 is 0 Å². The molecule has 1 heterocycles. The smallest absolute Gasteiger partial charge is 0.216 e. The zero-order valence-electron chi connectivity index (χ0n) is 11.1. The molecule has 1 atom stereocenters. The largest absolute Gasteiger partial charge is 0.329 e. The van der Waals surface area contributed by atoms with Crippen LogP contribution in [0, 0.1) is 0 Å². The van der Waals surface area contributed by atoms with E-state index >= 15 is 0 Å². The van der Waals surface area contributed by atoms with Crippen LogP contribution in [-0.4, -0.2) is 26.0 Å². The fourth-order valence-corrected chi connectivity index (χ4v) is 3.32. The Kier molecular flexibility index (Phi) is 5.88. The molecular weight excluding hydrogens is 298 g/mol. The third-order valence-electron chi connectivity index (χ3n) is 2.80. The van der Waals surface area contributed by atoms with Gasteiger partial charge in [-0.3, -0.25) is 4.98 Å². The molecule has 3 N–H and O–H groups in total. The monoisotopic (exact) mass is 315 g/mol. The van der Waals surface area contributed by atoms with Crippen LogP contribution in [0.25, 0.3) is 10.9 Å². The second-order valence-corrected chi connectivity index (χ2v) is 6.26. The second-order valence-electron chi connectivity index (χ2n) is 4.51. The summed E-state index contributed by atoms with van der Waals surface area (Å²) in [6.45, 7) is 2.01. The Balaban J connectivity index is 0.00000200. The molecule has 0 aliphatic carbocycles. The summed E-state index contributed by atoms with van der Waals surface area (Å²) < 4.78 is 26.6. The average Bonchev–Trinajstić information content (AvgIpc) is 2.38. The van der Waals surface area contributed by atoms with E-state index in [4.69, 9.17) is 5.73 Å². The number of nitrogens with two attached hydrogens (primary N) is 1. The first-order chi connectivity index (χ1) is 9.02. The Bertz CT molecular complexity index is 671. The number of benzene rings is 1. The predicted molar refractivity (Wildman–Crippen MR) is 83.3 cm³/mol. The number of rotatable bonds is 5. The Morgan fingerprint density at radius 1 is 1.30 bits per heavy atom. The van der Waals surface area contributed by atoms with Gasteiger partial charge in [0.05, 0.1) is 11.3 Å². The molecule has 0 aliphatic heterocycles. The first kappa shape index (κ1) is 16.8. The third-order valence-corrected chi connectivity index (χ3v) is 4.25. The van der Waals surface area contributed by atoms with Gasteiger partial charge in [-0.05, 0) is 18.6 Å². The van der Waals surface area contributed by atoms with E-state index in [2.05, 4.69) is 9.71 Å². The summed E-state index contributed by atoms with van der Waals surface area (Å²) in [4.78, 5) is 4.25. The van der Waals surface area contributed by atoms with Gasteiger partial charge in [-0.1, -0.05) is 24.3 Å². The molecule has 0 unspecified atom stereocenters. The number of aromatic nitrogens is 1. The van der Waals surface area contributed by atoms with Crippen molar-refractivity contribution in [2.45, 2.75) is 18.7 Å². The van der Waals surface area contributed by atoms with Crippen LogP contribution in [0.2, 0.25) is 0 Å². The molecular formula is C13H18ClN3O2S. The lowest BCUT2D eigenvalue weighted by atomic mass is 10.1. The molecule has 0 radical (unpaired) electrons. The van der Waals surface area contributed by atoms with E-state index in [1.165, 1.54) is 0 Å². The van der Waals surface area contributed by atoms with Crippen LogP contribution >= 0.6 is 12.4 Å². The molecule has 7 heteroatoms. The highest BCUT2D eigenvalue weighted by Gasteiger charge is 2.16. The van der Waals surface area contributed by atoms with Crippen LogP contribution in [0.15, 0.2) is 36.5 Å². The van der Waals surface area contributed by atoms with Crippen molar-refractivity contribution >= 4 is 33.3 Å². The van der Waals surface area contributed by atoms with Gasteiger partial charge in [0.2, 0.25) is 10.0 Å². The summed E-state index contributed by atoms with van der Waals surface area (Å²) >= 11 is 0. The first-order valence-corrected chi connectivity index (χ1v) is 7.70. The Labute approximate surface area is 125 Å². The summed E-state index contributed by atoms with van der Waals surface area (Å²) in [6, 6.07) is 8.99. The maximum Gasteiger partial charge on any atom is 0.216 e. The number of hydrogen-bond acceptors (Lipinski definition) is 4. The number of sulfonamides is 1. The van der Waals surface area contributed by atoms with E-state index < -0.39 is 10.0 Å². The van der Waals surface area contributed by atoms with E-state index in [9.17, 15) is 8.42 Å². The minimum absolute atomic E-state index is 0. The predicted octanol–water partition coefficient (Wildman–Crippen LogP) is 1.42. The fourth-order valence-electron chi connectivity index (χ4n) is 1.88. The lowest BCUT2D eigenvalue weighted by Gasteiger charge is -2.12. The lowest BCUT2D eigenvalue weighted by Crippen LogP contribution is -2.38. The van der Waals surface area contributed by atoms with Gasteiger partial charge in [-0.2, -0.15) is 0 Å². The van der Waals surface area contributed by atoms with E-state index in [1.54, 1.807) is 19.2 Å². The molecule has 20 heavy (non-hydrogen) atoms. The molecule has 110 valence electrons. The molecule has 0 amide bonds. The molecule has 0 aliphatic rings. The van der Waals surface area contributed by atoms with Crippen molar-refractivity contribution in [1.82, 2.24) is 9.71 Å². The number of fused-ring (bicyclic) bond motifs is 1. The van der Waals surface area contributed by atoms with Crippen molar-refractivity contribution < 1.29 is 8.42 Å². The number of para-hydroxylation sites is 1. The van der Waals surface area contributed by atoms with Gasteiger partial charge < -0.3 is 5.73 Å². The van der Waals surface area contributed by atoms with Crippen molar-refractivity contribution in [3.63, 3.8) is 0 Å². The van der Waals surface area contributed by atoms with Crippen LogP contribution in [-0.2, 0) is 15.8 Å². The van der Waals surface area contributed by atoms with E-state index in [-0.39, 0.29) is 30.7 Å². The van der Waals surface area contributed by atoms with Gasteiger partial charge in [0.15, 0.2) is 0 Å².